The minimum atomic E-state index is 0.649. The summed E-state index contributed by atoms with van der Waals surface area (Å²) in [4.78, 5) is 4.78. The Bertz CT molecular complexity index is 719. The molecule has 0 saturated carbocycles. The molecule has 2 rings (SSSR count). The molecule has 0 aliphatic rings. The van der Waals surface area contributed by atoms with Crippen LogP contribution in [0.1, 0.15) is 43.3 Å². The Morgan fingerprint density at radius 3 is 2.46 bits per heavy atom. The number of nitrogens with zero attached hydrogens (tertiary/aromatic N) is 3. The molecular formula is C20H30ClN5. The van der Waals surface area contributed by atoms with E-state index in [1.807, 2.05) is 23.9 Å². The fourth-order valence-electron chi connectivity index (χ4n) is 3.05. The van der Waals surface area contributed by atoms with E-state index < -0.39 is 0 Å². The van der Waals surface area contributed by atoms with Crippen molar-refractivity contribution in [3.05, 3.63) is 51.8 Å². The molecule has 0 fully saturated rings. The van der Waals surface area contributed by atoms with Crippen molar-refractivity contribution in [2.75, 3.05) is 13.1 Å². The molecular weight excluding hydrogens is 346 g/mol. The highest BCUT2D eigenvalue weighted by Gasteiger charge is 2.13. The maximum absolute atomic E-state index is 5.94. The number of guanidine groups is 1. The van der Waals surface area contributed by atoms with E-state index in [9.17, 15) is 0 Å². The fourth-order valence-corrected chi connectivity index (χ4v) is 3.17. The lowest BCUT2D eigenvalue weighted by Crippen LogP contribution is -2.38. The second-order valence-electron chi connectivity index (χ2n) is 6.20. The SMILES string of the molecule is CCNC(=NCc1c(CC)nn(C)c1CC)NCCc1ccc(Cl)cc1. The molecule has 26 heavy (non-hydrogen) atoms. The van der Waals surface area contributed by atoms with Gasteiger partial charge in [-0.2, -0.15) is 5.10 Å². The highest BCUT2D eigenvalue weighted by Crippen LogP contribution is 2.16. The second kappa shape index (κ2) is 10.2. The van der Waals surface area contributed by atoms with Gasteiger partial charge in [0.05, 0.1) is 12.2 Å². The number of hydrogen-bond donors (Lipinski definition) is 2. The molecule has 0 atom stereocenters. The normalized spacial score (nSPS) is 11.7. The molecule has 2 N–H and O–H groups in total. The topological polar surface area (TPSA) is 54.2 Å². The quantitative estimate of drug-likeness (QED) is 0.548. The zero-order valence-corrected chi connectivity index (χ0v) is 17.0. The van der Waals surface area contributed by atoms with E-state index in [4.69, 9.17) is 16.6 Å². The van der Waals surface area contributed by atoms with Gasteiger partial charge in [0.15, 0.2) is 5.96 Å². The number of benzene rings is 1. The number of nitrogens with one attached hydrogen (secondary N) is 2. The summed E-state index contributed by atoms with van der Waals surface area (Å²) in [6.07, 6.45) is 2.82. The van der Waals surface area contributed by atoms with Gasteiger partial charge in [0.2, 0.25) is 0 Å². The van der Waals surface area contributed by atoms with Crippen molar-refractivity contribution < 1.29 is 0 Å². The molecule has 5 nitrogen and oxygen atoms in total. The first-order valence-corrected chi connectivity index (χ1v) is 9.77. The summed E-state index contributed by atoms with van der Waals surface area (Å²) >= 11 is 5.94. The van der Waals surface area contributed by atoms with Crippen molar-refractivity contribution in [2.24, 2.45) is 12.0 Å². The number of hydrogen-bond acceptors (Lipinski definition) is 2. The maximum atomic E-state index is 5.94. The van der Waals surface area contributed by atoms with Gasteiger partial charge in [-0.3, -0.25) is 4.68 Å². The molecule has 0 radical (unpaired) electrons. The standard InChI is InChI=1S/C20H30ClN5/c1-5-18-17(19(6-2)26(4)25-18)14-24-20(22-7-3)23-13-12-15-8-10-16(21)11-9-15/h8-11H,5-7,12-14H2,1-4H3,(H2,22,23,24). The van der Waals surface area contributed by atoms with Crippen molar-refractivity contribution in [3.63, 3.8) is 0 Å². The smallest absolute Gasteiger partial charge is 0.191 e. The van der Waals surface area contributed by atoms with Crippen LogP contribution in [0.5, 0.6) is 0 Å². The van der Waals surface area contributed by atoms with Gasteiger partial charge in [-0.15, -0.1) is 0 Å². The predicted molar refractivity (Wildman–Crippen MR) is 110 cm³/mol. The van der Waals surface area contributed by atoms with Gasteiger partial charge >= 0.3 is 0 Å². The Kier molecular flexibility index (Phi) is 7.98. The molecule has 0 unspecified atom stereocenters. The first-order chi connectivity index (χ1) is 12.6. The first kappa shape index (κ1) is 20.3. The predicted octanol–water partition coefficient (Wildman–Crippen LogP) is 3.50. The summed E-state index contributed by atoms with van der Waals surface area (Å²) in [6.45, 7) is 8.69. The number of aryl methyl sites for hydroxylation is 2. The Balaban J connectivity index is 2.01. The van der Waals surface area contributed by atoms with Crippen LogP contribution in [0.25, 0.3) is 0 Å². The van der Waals surface area contributed by atoms with Crippen molar-refractivity contribution in [3.8, 4) is 0 Å². The Labute approximate surface area is 161 Å². The molecule has 1 aromatic heterocycles. The summed E-state index contributed by atoms with van der Waals surface area (Å²) < 4.78 is 1.99. The van der Waals surface area contributed by atoms with E-state index in [1.54, 1.807) is 0 Å². The minimum absolute atomic E-state index is 0.649. The molecule has 6 heteroatoms. The minimum Gasteiger partial charge on any atom is -0.357 e. The van der Waals surface area contributed by atoms with Crippen LogP contribution in [0.15, 0.2) is 29.3 Å². The average Bonchev–Trinajstić information content (AvgIpc) is 2.95. The van der Waals surface area contributed by atoms with Crippen LogP contribution in [0.4, 0.5) is 0 Å². The van der Waals surface area contributed by atoms with E-state index in [1.165, 1.54) is 16.8 Å². The van der Waals surface area contributed by atoms with Gasteiger partial charge in [-0.1, -0.05) is 37.6 Å². The molecule has 0 bridgehead atoms. The van der Waals surface area contributed by atoms with Crippen molar-refractivity contribution in [1.82, 2.24) is 20.4 Å². The lowest BCUT2D eigenvalue weighted by molar-refractivity contribution is 0.703. The van der Waals surface area contributed by atoms with Gasteiger partial charge < -0.3 is 10.6 Å². The van der Waals surface area contributed by atoms with Gasteiger partial charge in [-0.05, 0) is 43.9 Å². The van der Waals surface area contributed by atoms with Gasteiger partial charge in [-0.25, -0.2) is 4.99 Å². The zero-order chi connectivity index (χ0) is 18.9. The molecule has 0 spiro atoms. The van der Waals surface area contributed by atoms with Gasteiger partial charge in [0.1, 0.15) is 0 Å². The summed E-state index contributed by atoms with van der Waals surface area (Å²) in [6, 6.07) is 7.98. The van der Waals surface area contributed by atoms with E-state index >= 15 is 0 Å². The summed E-state index contributed by atoms with van der Waals surface area (Å²) in [5, 5.41) is 12.1. The van der Waals surface area contributed by atoms with Crippen molar-refractivity contribution in [2.45, 2.75) is 46.6 Å². The average molecular weight is 376 g/mol. The van der Waals surface area contributed by atoms with Crippen LogP contribution in [0.3, 0.4) is 0 Å². The van der Waals surface area contributed by atoms with Gasteiger partial charge in [0, 0.05) is 36.4 Å². The van der Waals surface area contributed by atoms with Crippen LogP contribution in [-0.4, -0.2) is 28.8 Å². The molecule has 142 valence electrons. The van der Waals surface area contributed by atoms with E-state index in [0.29, 0.717) is 6.54 Å². The van der Waals surface area contributed by atoms with Crippen molar-refractivity contribution in [1.29, 1.82) is 0 Å². The third-order valence-electron chi connectivity index (χ3n) is 4.39. The molecule has 1 aromatic carbocycles. The van der Waals surface area contributed by atoms with E-state index in [0.717, 1.165) is 49.0 Å². The highest BCUT2D eigenvalue weighted by atomic mass is 35.5. The molecule has 0 aliphatic heterocycles. The summed E-state index contributed by atoms with van der Waals surface area (Å²) in [5.74, 6) is 0.842. The second-order valence-corrected chi connectivity index (χ2v) is 6.64. The van der Waals surface area contributed by atoms with Crippen molar-refractivity contribution >= 4 is 17.6 Å². The molecule has 0 amide bonds. The van der Waals surface area contributed by atoms with Crippen LogP contribution >= 0.6 is 11.6 Å². The number of aliphatic imine (C=N–C) groups is 1. The van der Waals surface area contributed by atoms with Crippen LogP contribution in [0, 0.1) is 0 Å². The first-order valence-electron chi connectivity index (χ1n) is 9.39. The van der Waals surface area contributed by atoms with E-state index in [-0.39, 0.29) is 0 Å². The summed E-state index contributed by atoms with van der Waals surface area (Å²) in [5.41, 5.74) is 4.92. The Morgan fingerprint density at radius 1 is 1.12 bits per heavy atom. The van der Waals surface area contributed by atoms with E-state index in [2.05, 4.69) is 48.6 Å². The maximum Gasteiger partial charge on any atom is 0.191 e. The number of aromatic nitrogens is 2. The third-order valence-corrected chi connectivity index (χ3v) is 4.64. The third kappa shape index (κ3) is 5.49. The number of halogens is 1. The van der Waals surface area contributed by atoms with Crippen LogP contribution in [0.2, 0.25) is 5.02 Å². The molecule has 2 aromatic rings. The lowest BCUT2D eigenvalue weighted by Gasteiger charge is -2.12. The monoisotopic (exact) mass is 375 g/mol. The lowest BCUT2D eigenvalue weighted by atomic mass is 10.1. The molecule has 1 heterocycles. The van der Waals surface area contributed by atoms with Crippen LogP contribution in [-0.2, 0) is 32.9 Å². The van der Waals surface area contributed by atoms with Crippen LogP contribution < -0.4 is 10.6 Å². The number of rotatable bonds is 8. The van der Waals surface area contributed by atoms with Gasteiger partial charge in [0.25, 0.3) is 0 Å². The zero-order valence-electron chi connectivity index (χ0n) is 16.3. The molecule has 0 aliphatic carbocycles. The Hall–Kier alpha value is -2.01. The fraction of sp³-hybridized carbons (Fsp3) is 0.500. The Morgan fingerprint density at radius 2 is 1.85 bits per heavy atom. The molecule has 0 saturated heterocycles. The highest BCUT2D eigenvalue weighted by molar-refractivity contribution is 6.30. The summed E-state index contributed by atoms with van der Waals surface area (Å²) in [7, 11) is 2.01. The largest absolute Gasteiger partial charge is 0.357 e.